The van der Waals surface area contributed by atoms with Crippen LogP contribution in [-0.4, -0.2) is 36.2 Å². The topological polar surface area (TPSA) is 54.5 Å². The highest BCUT2D eigenvalue weighted by Crippen LogP contribution is 2.39. The second kappa shape index (κ2) is 5.52. The Labute approximate surface area is 119 Å². The molecule has 1 unspecified atom stereocenters. The molecular weight excluding hydrogens is 252 g/mol. The number of hydrazine groups is 1. The van der Waals surface area contributed by atoms with Crippen molar-refractivity contribution in [2.24, 2.45) is 5.92 Å². The average Bonchev–Trinajstić information content (AvgIpc) is 2.43. The van der Waals surface area contributed by atoms with Gasteiger partial charge in [0.1, 0.15) is 0 Å². The number of hydroxylamine groups is 2. The molecule has 2 aliphatic heterocycles. The van der Waals surface area contributed by atoms with Gasteiger partial charge in [-0.25, -0.2) is 10.4 Å². The number of pyridine rings is 1. The Hall–Kier alpha value is -1.43. The van der Waals surface area contributed by atoms with Crippen molar-refractivity contribution < 1.29 is 0 Å². The van der Waals surface area contributed by atoms with E-state index in [-0.39, 0.29) is 5.92 Å². The summed E-state index contributed by atoms with van der Waals surface area (Å²) in [5, 5.41) is 15.0. The molecule has 0 saturated heterocycles. The summed E-state index contributed by atoms with van der Waals surface area (Å²) in [4.78, 5) is 4.54. The van der Waals surface area contributed by atoms with Crippen LogP contribution in [0.5, 0.6) is 0 Å². The molecule has 3 heterocycles. The highest BCUT2D eigenvalue weighted by molar-refractivity contribution is 5.82. The lowest BCUT2D eigenvalue weighted by molar-refractivity contribution is 0.353. The summed E-state index contributed by atoms with van der Waals surface area (Å²) in [7, 11) is 0. The normalized spacial score (nSPS) is 22.8. The van der Waals surface area contributed by atoms with E-state index < -0.39 is 0 Å². The van der Waals surface area contributed by atoms with Crippen molar-refractivity contribution in [3.05, 3.63) is 34.7 Å². The van der Waals surface area contributed by atoms with Crippen LogP contribution in [0.2, 0.25) is 0 Å². The zero-order chi connectivity index (χ0) is 14.1. The standard InChI is InChI=1S/C15H21N4O/c1-3-6-17-19-10-12-9-18(20)8-11(2)14(12)13-5-4-7-16-15(13)19/h4-5,7,11,17H,3,6,8-10H2,1-2H3/q-1. The number of aromatic nitrogens is 1. The third kappa shape index (κ3) is 2.32. The van der Waals surface area contributed by atoms with Gasteiger partial charge in [0.05, 0.1) is 6.54 Å². The molecule has 0 aromatic carbocycles. The first-order valence-corrected chi connectivity index (χ1v) is 7.31. The van der Waals surface area contributed by atoms with Gasteiger partial charge in [0.2, 0.25) is 0 Å². The Morgan fingerprint density at radius 2 is 2.30 bits per heavy atom. The molecule has 0 amide bonds. The Morgan fingerprint density at radius 1 is 1.45 bits per heavy atom. The van der Waals surface area contributed by atoms with Gasteiger partial charge in [-0.05, 0) is 42.2 Å². The molecular formula is C15H21N4O-. The Kier molecular flexibility index (Phi) is 3.74. The SMILES string of the molecule is CCCNN1CC2=C(c3cccnc31)C(C)CN([O-])C2. The largest absolute Gasteiger partial charge is 0.785 e. The predicted molar refractivity (Wildman–Crippen MR) is 80.9 cm³/mol. The average molecular weight is 273 g/mol. The van der Waals surface area contributed by atoms with Crippen LogP contribution in [0, 0.1) is 11.1 Å². The summed E-state index contributed by atoms with van der Waals surface area (Å²) in [5.41, 5.74) is 7.14. The molecule has 5 nitrogen and oxygen atoms in total. The van der Waals surface area contributed by atoms with Crippen LogP contribution < -0.4 is 10.4 Å². The van der Waals surface area contributed by atoms with Crippen molar-refractivity contribution >= 4 is 11.4 Å². The van der Waals surface area contributed by atoms with Gasteiger partial charge in [0.25, 0.3) is 0 Å². The van der Waals surface area contributed by atoms with E-state index in [2.05, 4.69) is 35.3 Å². The van der Waals surface area contributed by atoms with E-state index in [0.717, 1.165) is 25.3 Å². The fourth-order valence-corrected chi connectivity index (χ4v) is 3.16. The minimum Gasteiger partial charge on any atom is -0.785 e. The number of hydrogen-bond acceptors (Lipinski definition) is 5. The summed E-state index contributed by atoms with van der Waals surface area (Å²) in [6, 6.07) is 4.09. The zero-order valence-electron chi connectivity index (χ0n) is 12.1. The lowest BCUT2D eigenvalue weighted by Gasteiger charge is -2.44. The molecule has 1 N–H and O–H groups in total. The van der Waals surface area contributed by atoms with Gasteiger partial charge in [0.15, 0.2) is 5.82 Å². The molecule has 5 heteroatoms. The summed E-state index contributed by atoms with van der Waals surface area (Å²) < 4.78 is 0. The van der Waals surface area contributed by atoms with E-state index in [1.165, 1.54) is 21.8 Å². The smallest absolute Gasteiger partial charge is 0.150 e. The zero-order valence-corrected chi connectivity index (χ0v) is 12.1. The monoisotopic (exact) mass is 273 g/mol. The third-order valence-electron chi connectivity index (χ3n) is 3.95. The van der Waals surface area contributed by atoms with Gasteiger partial charge >= 0.3 is 0 Å². The maximum absolute atomic E-state index is 11.8. The van der Waals surface area contributed by atoms with Crippen molar-refractivity contribution in [1.29, 1.82) is 0 Å². The molecule has 108 valence electrons. The maximum Gasteiger partial charge on any atom is 0.150 e. The van der Waals surface area contributed by atoms with Crippen LogP contribution >= 0.6 is 0 Å². The van der Waals surface area contributed by atoms with Crippen LogP contribution in [0.15, 0.2) is 23.9 Å². The highest BCUT2D eigenvalue weighted by atomic mass is 16.5. The molecule has 1 aromatic heterocycles. The molecule has 1 aromatic rings. The lowest BCUT2D eigenvalue weighted by Crippen LogP contribution is -2.46. The van der Waals surface area contributed by atoms with Gasteiger partial charge in [-0.15, -0.1) is 0 Å². The molecule has 1 atom stereocenters. The van der Waals surface area contributed by atoms with E-state index in [1.54, 1.807) is 0 Å². The maximum atomic E-state index is 11.8. The second-order valence-electron chi connectivity index (χ2n) is 5.61. The molecule has 0 radical (unpaired) electrons. The minimum absolute atomic E-state index is 0.271. The van der Waals surface area contributed by atoms with Crippen molar-refractivity contribution in [1.82, 2.24) is 15.5 Å². The molecule has 0 spiro atoms. The molecule has 0 aliphatic carbocycles. The first kappa shape index (κ1) is 13.5. The number of hydrogen-bond donors (Lipinski definition) is 1. The number of nitrogens with zero attached hydrogens (tertiary/aromatic N) is 3. The summed E-state index contributed by atoms with van der Waals surface area (Å²) in [6.45, 7) is 7.03. The van der Waals surface area contributed by atoms with Crippen molar-refractivity contribution in [2.75, 3.05) is 31.2 Å². The van der Waals surface area contributed by atoms with Crippen LogP contribution in [0.3, 0.4) is 0 Å². The molecule has 0 fully saturated rings. The van der Waals surface area contributed by atoms with Gasteiger partial charge in [-0.3, -0.25) is 5.01 Å². The van der Waals surface area contributed by atoms with Crippen molar-refractivity contribution in [3.8, 4) is 0 Å². The fraction of sp³-hybridized carbons (Fsp3) is 0.533. The van der Waals surface area contributed by atoms with E-state index in [0.29, 0.717) is 13.1 Å². The summed E-state index contributed by atoms with van der Waals surface area (Å²) >= 11 is 0. The van der Waals surface area contributed by atoms with Crippen LogP contribution in [0.4, 0.5) is 5.82 Å². The Morgan fingerprint density at radius 3 is 3.10 bits per heavy atom. The van der Waals surface area contributed by atoms with Crippen molar-refractivity contribution in [3.63, 3.8) is 0 Å². The van der Waals surface area contributed by atoms with E-state index in [9.17, 15) is 5.21 Å². The molecule has 0 saturated carbocycles. The van der Waals surface area contributed by atoms with Crippen LogP contribution in [0.1, 0.15) is 25.8 Å². The van der Waals surface area contributed by atoms with Gasteiger partial charge in [0, 0.05) is 24.8 Å². The Balaban J connectivity index is 2.01. The number of fused-ring (bicyclic) bond motifs is 2. The number of anilines is 1. The molecule has 3 rings (SSSR count). The predicted octanol–water partition coefficient (Wildman–Crippen LogP) is 2.02. The van der Waals surface area contributed by atoms with E-state index in [4.69, 9.17) is 0 Å². The van der Waals surface area contributed by atoms with Gasteiger partial charge in [-0.1, -0.05) is 13.8 Å². The number of nitrogens with one attached hydrogen (secondary N) is 1. The van der Waals surface area contributed by atoms with Crippen molar-refractivity contribution in [2.45, 2.75) is 20.3 Å². The molecule has 20 heavy (non-hydrogen) atoms. The van der Waals surface area contributed by atoms with Gasteiger partial charge < -0.3 is 10.3 Å². The lowest BCUT2D eigenvalue weighted by atomic mass is 9.84. The van der Waals surface area contributed by atoms with E-state index in [1.807, 2.05) is 12.3 Å². The Bertz CT molecular complexity index is 528. The first-order chi connectivity index (χ1) is 9.70. The highest BCUT2D eigenvalue weighted by Gasteiger charge is 2.30. The summed E-state index contributed by atoms with van der Waals surface area (Å²) in [5.74, 6) is 1.26. The second-order valence-corrected chi connectivity index (χ2v) is 5.61. The van der Waals surface area contributed by atoms with Crippen LogP contribution in [0.25, 0.3) is 5.57 Å². The quantitative estimate of drug-likeness (QED) is 0.913. The van der Waals surface area contributed by atoms with Gasteiger partial charge in [-0.2, -0.15) is 0 Å². The van der Waals surface area contributed by atoms with E-state index >= 15 is 0 Å². The summed E-state index contributed by atoms with van der Waals surface area (Å²) in [6.07, 6.45) is 2.90. The minimum atomic E-state index is 0.271. The molecule has 2 aliphatic rings. The fourth-order valence-electron chi connectivity index (χ4n) is 3.16. The van der Waals surface area contributed by atoms with Crippen LogP contribution in [-0.2, 0) is 0 Å². The third-order valence-corrected chi connectivity index (χ3v) is 3.95. The number of rotatable bonds is 3. The molecule has 0 bridgehead atoms. The first-order valence-electron chi connectivity index (χ1n) is 7.31.